The number of nitrogens with one attached hydrogen (secondary N) is 2. The number of ether oxygens (including phenoxy) is 1. The number of rotatable bonds is 3. The maximum absolute atomic E-state index is 11.5. The molecule has 0 bridgehead atoms. The van der Waals surface area contributed by atoms with Crippen LogP contribution in [0.5, 0.6) is 0 Å². The molecular formula is C9H13N3O4S. The van der Waals surface area contributed by atoms with Crippen LogP contribution in [0.4, 0.5) is 16.2 Å². The summed E-state index contributed by atoms with van der Waals surface area (Å²) in [5.41, 5.74) is 6.87. The number of methoxy groups -OCH3 is 1. The third kappa shape index (κ3) is 3.83. The van der Waals surface area contributed by atoms with Gasteiger partial charge >= 0.3 is 16.3 Å². The smallest absolute Gasteiger partial charge is 0.422 e. The first-order valence-corrected chi connectivity index (χ1v) is 6.07. The molecule has 0 unspecified atom stereocenters. The van der Waals surface area contributed by atoms with Crippen molar-refractivity contribution >= 4 is 27.7 Å². The minimum atomic E-state index is -4.04. The van der Waals surface area contributed by atoms with Crippen molar-refractivity contribution in [2.45, 2.75) is 6.92 Å². The average molecular weight is 259 g/mol. The number of nitrogen functional groups attached to an aromatic ring is 1. The van der Waals surface area contributed by atoms with Crippen LogP contribution in [0.3, 0.4) is 0 Å². The number of anilines is 2. The standard InChI is InChI=1S/C9H13N3O4S/c1-6-3-4-7(10)8(5-6)11-17(14,15)12-9(13)16-2/h3-5,11H,10H2,1-2H3,(H,12,13). The summed E-state index contributed by atoms with van der Waals surface area (Å²) in [7, 11) is -2.98. The quantitative estimate of drug-likeness (QED) is 0.688. The number of amides is 1. The van der Waals surface area contributed by atoms with Gasteiger partial charge in [0.25, 0.3) is 0 Å². The zero-order valence-electron chi connectivity index (χ0n) is 9.35. The van der Waals surface area contributed by atoms with Crippen molar-refractivity contribution in [2.24, 2.45) is 0 Å². The third-order valence-corrected chi connectivity index (χ3v) is 2.78. The number of carbonyl (C=O) groups is 1. The Hall–Kier alpha value is -1.96. The molecule has 0 spiro atoms. The van der Waals surface area contributed by atoms with Crippen LogP contribution in [-0.2, 0) is 14.9 Å². The van der Waals surface area contributed by atoms with Crippen LogP contribution < -0.4 is 15.2 Å². The fraction of sp³-hybridized carbons (Fsp3) is 0.222. The van der Waals surface area contributed by atoms with E-state index in [0.29, 0.717) is 0 Å². The topological polar surface area (TPSA) is 111 Å². The maximum atomic E-state index is 11.5. The van der Waals surface area contributed by atoms with Gasteiger partial charge in [-0.25, -0.2) is 9.52 Å². The predicted molar refractivity (Wildman–Crippen MR) is 63.7 cm³/mol. The van der Waals surface area contributed by atoms with E-state index in [1.807, 2.05) is 0 Å². The minimum Gasteiger partial charge on any atom is -0.452 e. The first-order valence-electron chi connectivity index (χ1n) is 4.58. The Balaban J connectivity index is 2.90. The van der Waals surface area contributed by atoms with Crippen molar-refractivity contribution in [3.8, 4) is 0 Å². The van der Waals surface area contributed by atoms with E-state index in [2.05, 4.69) is 9.46 Å². The number of hydrogen-bond donors (Lipinski definition) is 3. The van der Waals surface area contributed by atoms with Crippen molar-refractivity contribution in [1.29, 1.82) is 0 Å². The zero-order chi connectivity index (χ0) is 13.1. The second kappa shape index (κ2) is 4.91. The molecule has 4 N–H and O–H groups in total. The molecule has 0 aliphatic carbocycles. The lowest BCUT2D eigenvalue weighted by Gasteiger charge is -2.11. The van der Waals surface area contributed by atoms with E-state index in [4.69, 9.17) is 5.73 Å². The number of aryl methyl sites for hydroxylation is 1. The number of carbonyl (C=O) groups excluding carboxylic acids is 1. The van der Waals surface area contributed by atoms with Crippen LogP contribution >= 0.6 is 0 Å². The molecule has 0 atom stereocenters. The Morgan fingerprint density at radius 2 is 2.06 bits per heavy atom. The van der Waals surface area contributed by atoms with Crippen LogP contribution in [0.15, 0.2) is 18.2 Å². The van der Waals surface area contributed by atoms with Gasteiger partial charge in [-0.15, -0.1) is 0 Å². The van der Waals surface area contributed by atoms with Crippen LogP contribution in [-0.4, -0.2) is 21.6 Å². The van der Waals surface area contributed by atoms with Gasteiger partial charge in [-0.3, -0.25) is 4.72 Å². The predicted octanol–water partition coefficient (Wildman–Crippen LogP) is 0.590. The summed E-state index contributed by atoms with van der Waals surface area (Å²) in [5, 5.41) is 0. The van der Waals surface area contributed by atoms with Crippen molar-refractivity contribution < 1.29 is 17.9 Å². The van der Waals surface area contributed by atoms with Gasteiger partial charge in [0.05, 0.1) is 18.5 Å². The number of nitrogens with two attached hydrogens (primary N) is 1. The summed E-state index contributed by atoms with van der Waals surface area (Å²) in [6.45, 7) is 1.78. The van der Waals surface area contributed by atoms with E-state index in [9.17, 15) is 13.2 Å². The molecule has 1 aromatic carbocycles. The van der Waals surface area contributed by atoms with Gasteiger partial charge in [0.15, 0.2) is 0 Å². The second-order valence-electron chi connectivity index (χ2n) is 3.29. The lowest BCUT2D eigenvalue weighted by Crippen LogP contribution is -2.35. The average Bonchev–Trinajstić information content (AvgIpc) is 2.22. The molecule has 17 heavy (non-hydrogen) atoms. The fourth-order valence-corrected chi connectivity index (χ4v) is 1.90. The van der Waals surface area contributed by atoms with Crippen molar-refractivity contribution in [3.63, 3.8) is 0 Å². The molecule has 0 radical (unpaired) electrons. The molecule has 1 amide bonds. The van der Waals surface area contributed by atoms with Crippen LogP contribution in [0.2, 0.25) is 0 Å². The third-order valence-electron chi connectivity index (χ3n) is 1.86. The van der Waals surface area contributed by atoms with E-state index in [-0.39, 0.29) is 11.4 Å². The van der Waals surface area contributed by atoms with Gasteiger partial charge in [-0.1, -0.05) is 6.07 Å². The first kappa shape index (κ1) is 13.1. The lowest BCUT2D eigenvalue weighted by atomic mass is 10.2. The maximum Gasteiger partial charge on any atom is 0.422 e. The summed E-state index contributed by atoms with van der Waals surface area (Å²) in [6.07, 6.45) is -1.08. The molecule has 1 aromatic rings. The number of hydrogen-bond acceptors (Lipinski definition) is 5. The molecule has 94 valence electrons. The van der Waals surface area contributed by atoms with Crippen LogP contribution in [0.1, 0.15) is 5.56 Å². The van der Waals surface area contributed by atoms with Crippen molar-refractivity contribution in [1.82, 2.24) is 4.72 Å². The minimum absolute atomic E-state index is 0.196. The fourth-order valence-electron chi connectivity index (χ4n) is 1.08. The van der Waals surface area contributed by atoms with Crippen molar-refractivity contribution in [2.75, 3.05) is 17.6 Å². The highest BCUT2D eigenvalue weighted by atomic mass is 32.2. The molecule has 8 heteroatoms. The summed E-state index contributed by atoms with van der Waals surface area (Å²) < 4.78 is 30.9. The van der Waals surface area contributed by atoms with E-state index >= 15 is 0 Å². The van der Waals surface area contributed by atoms with Gasteiger partial charge in [0.1, 0.15) is 0 Å². The van der Waals surface area contributed by atoms with Gasteiger partial charge in [-0.05, 0) is 24.6 Å². The van der Waals surface area contributed by atoms with E-state index in [1.165, 1.54) is 0 Å². The Kier molecular flexibility index (Phi) is 3.79. The lowest BCUT2D eigenvalue weighted by molar-refractivity contribution is 0.177. The molecule has 0 fully saturated rings. The largest absolute Gasteiger partial charge is 0.452 e. The first-order chi connectivity index (χ1) is 7.84. The second-order valence-corrected chi connectivity index (χ2v) is 4.70. The highest BCUT2D eigenvalue weighted by Gasteiger charge is 2.15. The molecular weight excluding hydrogens is 246 g/mol. The summed E-state index contributed by atoms with van der Waals surface area (Å²) in [4.78, 5) is 10.8. The molecule has 0 aliphatic heterocycles. The van der Waals surface area contributed by atoms with Crippen LogP contribution in [0, 0.1) is 6.92 Å². The van der Waals surface area contributed by atoms with Crippen molar-refractivity contribution in [3.05, 3.63) is 23.8 Å². The van der Waals surface area contributed by atoms with E-state index < -0.39 is 16.3 Å². The van der Waals surface area contributed by atoms with Crippen LogP contribution in [0.25, 0.3) is 0 Å². The molecule has 0 aromatic heterocycles. The summed E-state index contributed by atoms with van der Waals surface area (Å²) in [5.74, 6) is 0. The van der Waals surface area contributed by atoms with E-state index in [0.717, 1.165) is 12.7 Å². The molecule has 1 rings (SSSR count). The normalized spacial score (nSPS) is 10.7. The molecule has 0 aliphatic rings. The Morgan fingerprint density at radius 3 is 2.65 bits per heavy atom. The Morgan fingerprint density at radius 1 is 1.41 bits per heavy atom. The van der Waals surface area contributed by atoms with Gasteiger partial charge in [0, 0.05) is 0 Å². The Bertz CT molecular complexity index is 527. The highest BCUT2D eigenvalue weighted by molar-refractivity contribution is 7.91. The molecule has 0 heterocycles. The van der Waals surface area contributed by atoms with Gasteiger partial charge in [-0.2, -0.15) is 8.42 Å². The monoisotopic (exact) mass is 259 g/mol. The van der Waals surface area contributed by atoms with Gasteiger partial charge < -0.3 is 10.5 Å². The molecule has 7 nitrogen and oxygen atoms in total. The SMILES string of the molecule is COC(=O)NS(=O)(=O)Nc1cc(C)ccc1N. The van der Waals surface area contributed by atoms with E-state index in [1.54, 1.807) is 29.8 Å². The molecule has 0 saturated heterocycles. The summed E-state index contributed by atoms with van der Waals surface area (Å²) in [6, 6.07) is 4.85. The Labute approximate surface area is 99.1 Å². The molecule has 0 saturated carbocycles. The summed E-state index contributed by atoms with van der Waals surface area (Å²) >= 11 is 0. The highest BCUT2D eigenvalue weighted by Crippen LogP contribution is 2.20. The number of benzene rings is 1. The zero-order valence-corrected chi connectivity index (χ0v) is 10.2. The van der Waals surface area contributed by atoms with Gasteiger partial charge in [0.2, 0.25) is 0 Å².